The quantitative estimate of drug-likeness (QED) is 0.0740. The topological polar surface area (TPSA) is 355 Å². The number of morpholine rings is 1. The third kappa shape index (κ3) is 31.7. The number of carbonyl (C=O) groups is 10. The van der Waals surface area contributed by atoms with E-state index in [1.54, 1.807) is 137 Å². The Balaban J connectivity index is 0.000000324. The van der Waals surface area contributed by atoms with Gasteiger partial charge in [-0.1, -0.05) is 0 Å². The van der Waals surface area contributed by atoms with Crippen molar-refractivity contribution in [2.45, 2.75) is 131 Å². The van der Waals surface area contributed by atoms with E-state index in [9.17, 15) is 47.9 Å². The number of amides is 7. The maximum Gasteiger partial charge on any atom is 0.420 e. The number of esters is 2. The molecule has 560 valence electrons. The van der Waals surface area contributed by atoms with E-state index in [4.69, 9.17) is 33.5 Å². The van der Waals surface area contributed by atoms with E-state index in [1.807, 2.05) is 14.7 Å². The average Bonchev–Trinajstić information content (AvgIpc) is 0.838. The number of cyclic esters (lactones) is 2. The number of aromatic nitrogens is 4. The van der Waals surface area contributed by atoms with E-state index in [-0.39, 0.29) is 63.4 Å². The fourth-order valence-corrected chi connectivity index (χ4v) is 10.2. The van der Waals surface area contributed by atoms with E-state index >= 15 is 0 Å². The van der Waals surface area contributed by atoms with Gasteiger partial charge in [0.15, 0.2) is 0 Å². The molecule has 5 fully saturated rings. The van der Waals surface area contributed by atoms with Crippen LogP contribution in [0.15, 0.2) is 24.8 Å². The van der Waals surface area contributed by atoms with E-state index < -0.39 is 64.7 Å². The van der Waals surface area contributed by atoms with E-state index in [2.05, 4.69) is 39.8 Å². The first-order valence-corrected chi connectivity index (χ1v) is 33.9. The van der Waals surface area contributed by atoms with E-state index in [0.29, 0.717) is 141 Å². The van der Waals surface area contributed by atoms with E-state index in [1.165, 1.54) is 4.90 Å². The van der Waals surface area contributed by atoms with Crippen LogP contribution in [0.1, 0.15) is 107 Å². The molecule has 0 radical (unpaired) electrons. The number of hydrogen-bond donors (Lipinski definition) is 2. The second-order valence-electron chi connectivity index (χ2n) is 28.7. The number of ether oxygens (including phenoxy) is 7. The van der Waals surface area contributed by atoms with Crippen molar-refractivity contribution in [3.05, 3.63) is 35.9 Å². The molecule has 0 unspecified atom stereocenters. The van der Waals surface area contributed by atoms with Gasteiger partial charge in [-0.25, -0.2) is 48.9 Å². The van der Waals surface area contributed by atoms with Crippen molar-refractivity contribution < 1.29 is 86.2 Å². The highest BCUT2D eigenvalue weighted by Gasteiger charge is 2.35. The highest BCUT2D eigenvalue weighted by atomic mass is 16.6. The van der Waals surface area contributed by atoms with Gasteiger partial charge in [0.1, 0.15) is 22.4 Å². The number of imide groups is 2. The Labute approximate surface area is 587 Å². The zero-order chi connectivity index (χ0) is 74.0. The molecule has 2 aromatic heterocycles. The van der Waals surface area contributed by atoms with Crippen LogP contribution in [0.3, 0.4) is 0 Å². The van der Waals surface area contributed by atoms with Crippen molar-refractivity contribution >= 4 is 71.9 Å². The van der Waals surface area contributed by atoms with Crippen LogP contribution in [0.5, 0.6) is 0 Å². The molecule has 0 saturated carbocycles. The maximum absolute atomic E-state index is 12.8. The molecule has 0 bridgehead atoms. The number of carbonyl (C=O) groups excluding carboxylic acids is 9. The summed E-state index contributed by atoms with van der Waals surface area (Å²) < 4.78 is 37.3. The first kappa shape index (κ1) is 82.6. The van der Waals surface area contributed by atoms with Gasteiger partial charge in [-0.05, 0) is 97.2 Å². The Kier molecular flexibility index (Phi) is 32.4. The van der Waals surface area contributed by atoms with Crippen molar-refractivity contribution in [3.8, 4) is 0 Å². The third-order valence-electron chi connectivity index (χ3n) is 15.1. The van der Waals surface area contributed by atoms with Gasteiger partial charge < -0.3 is 68.1 Å². The number of carboxylic acid groups (broad SMARTS) is 1. The standard InChI is InChI=1S/C33H54N8O9.C28H47N7O6.C5H7NO3/c1-32(2,3)49-30(46)41(31(47)50-33(4,5)6)22-25-20-34-29(35-21-25)40-15-13-38(14-16-40)26(42)8-18-48-19-17-37-9-11-39(12-10-37)27(43)23-36(7)24-28(44)45;1-27(2,3)40-25(37)35(26(38)41-28(4,5)6)21-22-19-30-24(31-20-22)34-14-12-33(13-15-34)23(36)7-17-39-18-16-32-10-8-29-9-11-32;1-6-2-4(7)9-5(8)3-6/h20-21H,8-19,22-24H2,1-7H3,(H,44,45);19-20,29H,7-18,21H2,1-6H3;2-3H2,1H3. The summed E-state index contributed by atoms with van der Waals surface area (Å²) in [5.41, 5.74) is -2.09. The number of hydrogen-bond acceptors (Lipinski definition) is 28. The number of nitrogens with one attached hydrogen (secondary N) is 1. The molecule has 2 aromatic rings. The zero-order valence-electron chi connectivity index (χ0n) is 61.1. The molecule has 0 atom stereocenters. The van der Waals surface area contributed by atoms with Crippen LogP contribution in [-0.2, 0) is 75.0 Å². The minimum absolute atomic E-state index is 0.0188. The Hall–Kier alpha value is -8.02. The monoisotopic (exact) mass is 1410 g/mol. The maximum atomic E-state index is 12.8. The molecular weight excluding hydrogens is 1300 g/mol. The van der Waals surface area contributed by atoms with Crippen molar-refractivity contribution in [2.24, 2.45) is 0 Å². The van der Waals surface area contributed by atoms with Gasteiger partial charge in [0.05, 0.1) is 78.5 Å². The lowest BCUT2D eigenvalue weighted by molar-refractivity contribution is -0.166. The number of nitrogens with zero attached hydrogens (tertiary/aromatic N) is 15. The predicted molar refractivity (Wildman–Crippen MR) is 365 cm³/mol. The molecule has 0 aliphatic carbocycles. The lowest BCUT2D eigenvalue weighted by Crippen LogP contribution is -2.51. The van der Waals surface area contributed by atoms with Crippen LogP contribution in [-0.4, -0.2) is 336 Å². The fourth-order valence-electron chi connectivity index (χ4n) is 10.2. The molecule has 100 heavy (non-hydrogen) atoms. The van der Waals surface area contributed by atoms with Crippen molar-refractivity contribution in [1.29, 1.82) is 0 Å². The van der Waals surface area contributed by atoms with Crippen molar-refractivity contribution in [3.63, 3.8) is 0 Å². The summed E-state index contributed by atoms with van der Waals surface area (Å²) >= 11 is 0. The van der Waals surface area contributed by atoms with Crippen LogP contribution >= 0.6 is 0 Å². The lowest BCUT2D eigenvalue weighted by atomic mass is 10.2. The lowest BCUT2D eigenvalue weighted by Gasteiger charge is -2.35. The summed E-state index contributed by atoms with van der Waals surface area (Å²) in [5.74, 6) is -0.843. The highest BCUT2D eigenvalue weighted by Crippen LogP contribution is 2.21. The van der Waals surface area contributed by atoms with Crippen LogP contribution in [0.25, 0.3) is 0 Å². The Morgan fingerprint density at radius 1 is 0.480 bits per heavy atom. The molecule has 34 heteroatoms. The molecule has 5 aliphatic rings. The summed E-state index contributed by atoms with van der Waals surface area (Å²) in [5, 5.41) is 12.2. The van der Waals surface area contributed by atoms with Gasteiger partial charge in [-0.3, -0.25) is 48.4 Å². The minimum atomic E-state index is -0.963. The summed E-state index contributed by atoms with van der Waals surface area (Å²) in [6.07, 6.45) is 3.67. The molecule has 0 spiro atoms. The number of carboxylic acids is 1. The van der Waals surface area contributed by atoms with Gasteiger partial charge in [-0.2, -0.15) is 0 Å². The number of anilines is 2. The Morgan fingerprint density at radius 3 is 1.14 bits per heavy atom. The van der Waals surface area contributed by atoms with Gasteiger partial charge in [0, 0.05) is 154 Å². The first-order valence-electron chi connectivity index (χ1n) is 33.9. The SMILES string of the molecule is CC(C)(C)OC(=O)N(Cc1cnc(N2CCN(C(=O)CCOCCN3CCNCC3)CC2)nc1)C(=O)OC(C)(C)C.CN(CC(=O)O)CC(=O)N1CCN(CCOCCC(=O)N2CCN(c3ncc(CN(C(=O)OC(C)(C)C)C(=O)OC(C)(C)C)cn3)CC2)CC1.CN1CC(=O)OC(=O)C1. The predicted octanol–water partition coefficient (Wildman–Crippen LogP) is 2.48. The third-order valence-corrected chi connectivity index (χ3v) is 15.1. The number of piperazine rings is 4. The summed E-state index contributed by atoms with van der Waals surface area (Å²) in [6.45, 7) is 35.5. The van der Waals surface area contributed by atoms with Crippen LogP contribution in [0, 0.1) is 0 Å². The Bertz CT molecular complexity index is 2910. The van der Waals surface area contributed by atoms with Crippen LogP contribution in [0.4, 0.5) is 31.1 Å². The smallest absolute Gasteiger partial charge is 0.420 e. The molecule has 5 saturated heterocycles. The summed E-state index contributed by atoms with van der Waals surface area (Å²) in [4.78, 5) is 157. The molecule has 34 nitrogen and oxygen atoms in total. The van der Waals surface area contributed by atoms with Gasteiger partial charge >= 0.3 is 42.3 Å². The van der Waals surface area contributed by atoms with Gasteiger partial charge in [-0.15, -0.1) is 0 Å². The molecule has 5 aliphatic heterocycles. The van der Waals surface area contributed by atoms with Gasteiger partial charge in [0.25, 0.3) is 0 Å². The summed E-state index contributed by atoms with van der Waals surface area (Å²) in [7, 11) is 3.31. The van der Waals surface area contributed by atoms with Crippen LogP contribution in [0.2, 0.25) is 0 Å². The van der Waals surface area contributed by atoms with E-state index in [0.717, 1.165) is 42.5 Å². The second kappa shape index (κ2) is 39.3. The zero-order valence-corrected chi connectivity index (χ0v) is 61.1. The number of rotatable bonds is 22. The molecule has 0 aromatic carbocycles. The highest BCUT2D eigenvalue weighted by molar-refractivity contribution is 5.90. The molecule has 7 rings (SSSR count). The minimum Gasteiger partial charge on any atom is -0.480 e. The molecule has 7 amide bonds. The van der Waals surface area contributed by atoms with Crippen LogP contribution < -0.4 is 15.1 Å². The number of aliphatic carboxylic acids is 1. The Morgan fingerprint density at radius 2 is 0.810 bits per heavy atom. The average molecular weight is 1410 g/mol. The normalized spacial score (nSPS) is 16.9. The van der Waals surface area contributed by atoms with Crippen molar-refractivity contribution in [2.75, 3.05) is 194 Å². The molecule has 7 heterocycles. The summed E-state index contributed by atoms with van der Waals surface area (Å²) in [6, 6.07) is 0. The van der Waals surface area contributed by atoms with Crippen molar-refractivity contribution in [1.82, 2.24) is 69.4 Å². The molecular formula is C66H108N16O18. The number of likely N-dealkylation sites (N-methyl/N-ethyl adjacent to an activating group) is 2. The van der Waals surface area contributed by atoms with Gasteiger partial charge in [0.2, 0.25) is 29.6 Å². The second-order valence-corrected chi connectivity index (χ2v) is 28.7. The fraction of sp³-hybridized carbons (Fsp3) is 0.727. The first-order chi connectivity index (χ1) is 46.9. The molecule has 2 N–H and O–H groups in total. The largest absolute Gasteiger partial charge is 0.480 e.